The Morgan fingerprint density at radius 2 is 1.72 bits per heavy atom. The summed E-state index contributed by atoms with van der Waals surface area (Å²) in [6.07, 6.45) is 0.692. The second-order valence-electron chi connectivity index (χ2n) is 4.92. The Bertz CT molecular complexity index is 530. The lowest BCUT2D eigenvalue weighted by molar-refractivity contribution is 0.101. The van der Waals surface area contributed by atoms with Gasteiger partial charge < -0.3 is 0 Å². The van der Waals surface area contributed by atoms with Crippen LogP contribution in [0.4, 0.5) is 0 Å². The molecule has 0 radical (unpaired) electrons. The van der Waals surface area contributed by atoms with Gasteiger partial charge in [-0.3, -0.25) is 4.79 Å². The van der Waals surface area contributed by atoms with E-state index >= 15 is 0 Å². The summed E-state index contributed by atoms with van der Waals surface area (Å²) in [7, 11) is -3.53. The molecule has 5 heteroatoms. The van der Waals surface area contributed by atoms with Crippen molar-refractivity contribution in [3.63, 3.8) is 0 Å². The Morgan fingerprint density at radius 1 is 1.22 bits per heavy atom. The third kappa shape index (κ3) is 3.65. The van der Waals surface area contributed by atoms with E-state index in [2.05, 4.69) is 4.72 Å². The van der Waals surface area contributed by atoms with Gasteiger partial charge in [0.15, 0.2) is 5.78 Å². The van der Waals surface area contributed by atoms with Crippen LogP contribution in [0.5, 0.6) is 0 Å². The standard InChI is InChI=1S/C13H19NO3S/c1-5-13(3,4)14-18(16,17)12-8-6-11(7-9-12)10(2)15/h6-9,14H,5H2,1-4H3. The molecule has 1 N–H and O–H groups in total. The lowest BCUT2D eigenvalue weighted by Gasteiger charge is -2.24. The average molecular weight is 269 g/mol. The van der Waals surface area contributed by atoms with Gasteiger partial charge in [-0.05, 0) is 39.3 Å². The minimum Gasteiger partial charge on any atom is -0.295 e. The number of nitrogens with one attached hydrogen (secondary N) is 1. The molecule has 100 valence electrons. The SMILES string of the molecule is CCC(C)(C)NS(=O)(=O)c1ccc(C(C)=O)cc1. The van der Waals surface area contributed by atoms with Crippen LogP contribution >= 0.6 is 0 Å². The highest BCUT2D eigenvalue weighted by Crippen LogP contribution is 2.16. The van der Waals surface area contributed by atoms with Crippen LogP contribution in [-0.4, -0.2) is 19.7 Å². The average Bonchev–Trinajstić information content (AvgIpc) is 2.28. The van der Waals surface area contributed by atoms with Crippen molar-refractivity contribution in [3.05, 3.63) is 29.8 Å². The first-order valence-corrected chi connectivity index (χ1v) is 7.31. The van der Waals surface area contributed by atoms with Crippen LogP contribution in [0, 0.1) is 0 Å². The highest BCUT2D eigenvalue weighted by atomic mass is 32.2. The highest BCUT2D eigenvalue weighted by molar-refractivity contribution is 7.89. The Labute approximate surface area is 108 Å². The Kier molecular flexibility index (Phi) is 4.29. The topological polar surface area (TPSA) is 63.2 Å². The second kappa shape index (κ2) is 5.20. The van der Waals surface area contributed by atoms with Crippen molar-refractivity contribution in [2.75, 3.05) is 0 Å². The smallest absolute Gasteiger partial charge is 0.241 e. The second-order valence-corrected chi connectivity index (χ2v) is 6.61. The van der Waals surface area contributed by atoms with Gasteiger partial charge in [-0.1, -0.05) is 19.1 Å². The molecule has 0 fully saturated rings. The predicted octanol–water partition coefficient (Wildman–Crippen LogP) is 2.36. The number of rotatable bonds is 5. The maximum Gasteiger partial charge on any atom is 0.241 e. The molecule has 0 aromatic heterocycles. The molecule has 0 bridgehead atoms. The number of carbonyl (C=O) groups excluding carboxylic acids is 1. The van der Waals surface area contributed by atoms with Crippen LogP contribution in [-0.2, 0) is 10.0 Å². The van der Waals surface area contributed by atoms with Crippen molar-refractivity contribution in [2.24, 2.45) is 0 Å². The molecule has 1 rings (SSSR count). The molecule has 0 amide bonds. The van der Waals surface area contributed by atoms with Gasteiger partial charge in [0.2, 0.25) is 10.0 Å². The van der Waals surface area contributed by atoms with Crippen LogP contribution < -0.4 is 4.72 Å². The minimum absolute atomic E-state index is 0.0826. The molecule has 0 unspecified atom stereocenters. The van der Waals surface area contributed by atoms with E-state index in [-0.39, 0.29) is 10.7 Å². The van der Waals surface area contributed by atoms with Crippen LogP contribution in [0.2, 0.25) is 0 Å². The summed E-state index contributed by atoms with van der Waals surface area (Å²) in [5.74, 6) is -0.0826. The first-order valence-electron chi connectivity index (χ1n) is 5.83. The monoisotopic (exact) mass is 269 g/mol. The number of benzene rings is 1. The Hall–Kier alpha value is -1.20. The molecule has 0 heterocycles. The summed E-state index contributed by atoms with van der Waals surface area (Å²) >= 11 is 0. The van der Waals surface area contributed by atoms with Crippen molar-refractivity contribution in [1.82, 2.24) is 4.72 Å². The van der Waals surface area contributed by atoms with Crippen LogP contribution in [0.3, 0.4) is 0 Å². The van der Waals surface area contributed by atoms with E-state index in [0.717, 1.165) is 0 Å². The molecule has 0 saturated heterocycles. The number of carbonyl (C=O) groups is 1. The van der Waals surface area contributed by atoms with Gasteiger partial charge in [0.05, 0.1) is 4.90 Å². The molecule has 0 atom stereocenters. The van der Waals surface area contributed by atoms with Crippen molar-refractivity contribution in [3.8, 4) is 0 Å². The fraction of sp³-hybridized carbons (Fsp3) is 0.462. The molecule has 4 nitrogen and oxygen atoms in total. The normalized spacial score (nSPS) is 12.4. The van der Waals surface area contributed by atoms with Crippen LogP contribution in [0.15, 0.2) is 29.2 Å². The number of sulfonamides is 1. The quantitative estimate of drug-likeness (QED) is 0.835. The van der Waals surface area contributed by atoms with Crippen molar-refractivity contribution in [1.29, 1.82) is 0 Å². The van der Waals surface area contributed by atoms with Gasteiger partial charge in [0, 0.05) is 11.1 Å². The zero-order chi connectivity index (χ0) is 14.0. The number of hydrogen-bond donors (Lipinski definition) is 1. The van der Waals surface area contributed by atoms with Gasteiger partial charge in [-0.2, -0.15) is 0 Å². The van der Waals surface area contributed by atoms with E-state index in [0.29, 0.717) is 12.0 Å². The van der Waals surface area contributed by atoms with E-state index in [1.165, 1.54) is 31.2 Å². The minimum atomic E-state index is -3.53. The van der Waals surface area contributed by atoms with Crippen LogP contribution in [0.25, 0.3) is 0 Å². The molecule has 0 spiro atoms. The number of hydrogen-bond acceptors (Lipinski definition) is 3. The molecule has 0 aliphatic heterocycles. The summed E-state index contributed by atoms with van der Waals surface area (Å²) in [4.78, 5) is 11.3. The van der Waals surface area contributed by atoms with E-state index in [1.54, 1.807) is 0 Å². The maximum atomic E-state index is 12.1. The molecular weight excluding hydrogens is 250 g/mol. The van der Waals surface area contributed by atoms with E-state index in [4.69, 9.17) is 0 Å². The molecule has 1 aromatic carbocycles. The summed E-state index contributed by atoms with van der Waals surface area (Å²) in [6, 6.07) is 5.95. The Balaban J connectivity index is 3.03. The third-order valence-corrected chi connectivity index (χ3v) is 4.58. The zero-order valence-electron chi connectivity index (χ0n) is 11.1. The summed E-state index contributed by atoms with van der Waals surface area (Å²) in [5, 5.41) is 0. The highest BCUT2D eigenvalue weighted by Gasteiger charge is 2.24. The van der Waals surface area contributed by atoms with Gasteiger partial charge in [0.1, 0.15) is 0 Å². The predicted molar refractivity (Wildman–Crippen MR) is 71.1 cm³/mol. The largest absolute Gasteiger partial charge is 0.295 e. The fourth-order valence-electron chi connectivity index (χ4n) is 1.36. The van der Waals surface area contributed by atoms with E-state index in [1.807, 2.05) is 20.8 Å². The fourth-order valence-corrected chi connectivity index (χ4v) is 2.85. The number of Topliss-reactive ketones (excluding diaryl/α,β-unsaturated/α-hetero) is 1. The molecule has 0 saturated carbocycles. The van der Waals surface area contributed by atoms with Crippen molar-refractivity contribution < 1.29 is 13.2 Å². The first kappa shape index (κ1) is 14.9. The first-order chi connectivity index (χ1) is 8.18. The lowest BCUT2D eigenvalue weighted by atomic mass is 10.0. The lowest BCUT2D eigenvalue weighted by Crippen LogP contribution is -2.42. The molecular formula is C13H19NO3S. The van der Waals surface area contributed by atoms with E-state index in [9.17, 15) is 13.2 Å². The van der Waals surface area contributed by atoms with Crippen LogP contribution in [0.1, 0.15) is 44.5 Å². The van der Waals surface area contributed by atoms with Crippen molar-refractivity contribution >= 4 is 15.8 Å². The van der Waals surface area contributed by atoms with Gasteiger partial charge in [0.25, 0.3) is 0 Å². The maximum absolute atomic E-state index is 12.1. The van der Waals surface area contributed by atoms with Gasteiger partial charge in [-0.15, -0.1) is 0 Å². The van der Waals surface area contributed by atoms with Gasteiger partial charge >= 0.3 is 0 Å². The summed E-state index contributed by atoms with van der Waals surface area (Å²) in [5.41, 5.74) is 0.0154. The van der Waals surface area contributed by atoms with E-state index < -0.39 is 15.6 Å². The number of ketones is 1. The van der Waals surface area contributed by atoms with Gasteiger partial charge in [-0.25, -0.2) is 13.1 Å². The summed E-state index contributed by atoms with van der Waals surface area (Å²) < 4.78 is 26.8. The molecule has 0 aliphatic rings. The van der Waals surface area contributed by atoms with Crippen molar-refractivity contribution in [2.45, 2.75) is 44.6 Å². The third-order valence-electron chi connectivity index (χ3n) is 2.87. The zero-order valence-corrected chi connectivity index (χ0v) is 12.0. The molecule has 18 heavy (non-hydrogen) atoms. The summed E-state index contributed by atoms with van der Waals surface area (Å²) in [6.45, 7) is 7.02. The Morgan fingerprint density at radius 3 is 2.11 bits per heavy atom. The molecule has 0 aliphatic carbocycles. The molecule has 1 aromatic rings.